The fraction of sp³-hybridized carbons (Fsp3) is 0.375. The summed E-state index contributed by atoms with van der Waals surface area (Å²) in [5.74, 6) is -0.0993. The third-order valence-corrected chi connectivity index (χ3v) is 2.34. The standard InChI is InChI=1S/C8H9Cl2NO3/c9-2-6(12)7(13)4-1-5(10)8(14)11-3-4/h1,3,6-7,12-13H,2H2,(H,11,14). The van der Waals surface area contributed by atoms with Gasteiger partial charge in [-0.05, 0) is 6.07 Å². The van der Waals surface area contributed by atoms with E-state index in [2.05, 4.69) is 4.98 Å². The highest BCUT2D eigenvalue weighted by molar-refractivity contribution is 6.30. The molecule has 0 fully saturated rings. The Balaban J connectivity index is 2.96. The van der Waals surface area contributed by atoms with Crippen LogP contribution in [-0.2, 0) is 0 Å². The van der Waals surface area contributed by atoms with Crippen LogP contribution in [0.5, 0.6) is 0 Å². The number of aromatic amines is 1. The Hall–Kier alpha value is -0.550. The van der Waals surface area contributed by atoms with Crippen molar-refractivity contribution in [3.05, 3.63) is 33.2 Å². The molecular formula is C8H9Cl2NO3. The van der Waals surface area contributed by atoms with Gasteiger partial charge >= 0.3 is 0 Å². The fourth-order valence-corrected chi connectivity index (χ4v) is 1.30. The first-order chi connectivity index (χ1) is 6.56. The zero-order valence-electron chi connectivity index (χ0n) is 7.08. The van der Waals surface area contributed by atoms with Crippen LogP contribution < -0.4 is 5.56 Å². The highest BCUT2D eigenvalue weighted by Crippen LogP contribution is 2.18. The highest BCUT2D eigenvalue weighted by Gasteiger charge is 2.18. The molecule has 0 aromatic carbocycles. The van der Waals surface area contributed by atoms with Gasteiger partial charge < -0.3 is 15.2 Å². The molecule has 0 amide bonds. The summed E-state index contributed by atoms with van der Waals surface area (Å²) in [6.07, 6.45) is -0.949. The molecule has 1 aromatic rings. The maximum atomic E-state index is 10.9. The van der Waals surface area contributed by atoms with Crippen LogP contribution in [-0.4, -0.2) is 27.2 Å². The molecule has 78 valence electrons. The molecule has 1 rings (SSSR count). The number of hydrogen-bond acceptors (Lipinski definition) is 3. The van der Waals surface area contributed by atoms with Crippen LogP contribution in [0.2, 0.25) is 5.02 Å². The minimum atomic E-state index is -1.15. The lowest BCUT2D eigenvalue weighted by Gasteiger charge is -2.15. The van der Waals surface area contributed by atoms with Gasteiger partial charge in [-0.2, -0.15) is 0 Å². The number of aliphatic hydroxyl groups is 2. The van der Waals surface area contributed by atoms with Crippen molar-refractivity contribution in [3.63, 3.8) is 0 Å². The number of aliphatic hydroxyl groups excluding tert-OH is 2. The quantitative estimate of drug-likeness (QED) is 0.677. The van der Waals surface area contributed by atoms with E-state index < -0.39 is 17.8 Å². The third kappa shape index (κ3) is 2.48. The van der Waals surface area contributed by atoms with Gasteiger partial charge in [-0.1, -0.05) is 11.6 Å². The van der Waals surface area contributed by atoms with E-state index in [-0.39, 0.29) is 10.9 Å². The van der Waals surface area contributed by atoms with Crippen LogP contribution in [0.25, 0.3) is 0 Å². The summed E-state index contributed by atoms with van der Waals surface area (Å²) in [6, 6.07) is 1.29. The number of rotatable bonds is 3. The van der Waals surface area contributed by atoms with Crippen LogP contribution >= 0.6 is 23.2 Å². The molecule has 3 N–H and O–H groups in total. The van der Waals surface area contributed by atoms with Gasteiger partial charge in [-0.15, -0.1) is 11.6 Å². The number of nitrogens with one attached hydrogen (secondary N) is 1. The molecule has 14 heavy (non-hydrogen) atoms. The Morgan fingerprint density at radius 3 is 2.64 bits per heavy atom. The zero-order chi connectivity index (χ0) is 10.7. The molecule has 2 unspecified atom stereocenters. The van der Waals surface area contributed by atoms with Crippen molar-refractivity contribution in [2.75, 3.05) is 5.88 Å². The number of aromatic nitrogens is 1. The van der Waals surface area contributed by atoms with Crippen molar-refractivity contribution >= 4 is 23.2 Å². The number of halogens is 2. The van der Waals surface area contributed by atoms with Crippen molar-refractivity contribution < 1.29 is 10.2 Å². The Morgan fingerprint density at radius 1 is 1.50 bits per heavy atom. The molecule has 0 saturated carbocycles. The monoisotopic (exact) mass is 237 g/mol. The number of hydrogen-bond donors (Lipinski definition) is 3. The first-order valence-corrected chi connectivity index (χ1v) is 4.77. The van der Waals surface area contributed by atoms with Gasteiger partial charge in [-0.25, -0.2) is 0 Å². The van der Waals surface area contributed by atoms with Crippen molar-refractivity contribution in [1.82, 2.24) is 4.98 Å². The van der Waals surface area contributed by atoms with E-state index in [9.17, 15) is 15.0 Å². The van der Waals surface area contributed by atoms with Gasteiger partial charge in [0.15, 0.2) is 0 Å². The van der Waals surface area contributed by atoms with E-state index in [0.717, 1.165) is 0 Å². The predicted octanol–water partition coefficient (Wildman–Crippen LogP) is 0.661. The molecule has 1 aromatic heterocycles. The summed E-state index contributed by atoms with van der Waals surface area (Å²) in [7, 11) is 0. The molecule has 2 atom stereocenters. The van der Waals surface area contributed by atoms with E-state index in [1.54, 1.807) is 0 Å². The SMILES string of the molecule is O=c1[nH]cc(C(O)C(O)CCl)cc1Cl. The minimum Gasteiger partial charge on any atom is -0.389 e. The summed E-state index contributed by atoms with van der Waals surface area (Å²) in [5.41, 5.74) is -0.120. The second-order valence-corrected chi connectivity index (χ2v) is 3.49. The van der Waals surface area contributed by atoms with Gasteiger partial charge in [0, 0.05) is 11.8 Å². The van der Waals surface area contributed by atoms with E-state index >= 15 is 0 Å². The molecule has 0 aliphatic carbocycles. The van der Waals surface area contributed by atoms with Crippen LogP contribution in [0.15, 0.2) is 17.1 Å². The maximum Gasteiger partial charge on any atom is 0.266 e. The summed E-state index contributed by atoms with van der Waals surface area (Å²) >= 11 is 10.9. The zero-order valence-corrected chi connectivity index (χ0v) is 8.59. The smallest absolute Gasteiger partial charge is 0.266 e. The summed E-state index contributed by atoms with van der Waals surface area (Å²) in [5, 5.41) is 18.7. The lowest BCUT2D eigenvalue weighted by atomic mass is 10.1. The van der Waals surface area contributed by atoms with Crippen LogP contribution in [0, 0.1) is 0 Å². The average Bonchev–Trinajstić information content (AvgIpc) is 2.20. The molecule has 6 heteroatoms. The Kier molecular flexibility index (Phi) is 3.95. The van der Waals surface area contributed by atoms with Crippen molar-refractivity contribution in [2.24, 2.45) is 0 Å². The average molecular weight is 238 g/mol. The molecule has 4 nitrogen and oxygen atoms in total. The fourth-order valence-electron chi connectivity index (χ4n) is 0.949. The first kappa shape index (κ1) is 11.5. The van der Waals surface area contributed by atoms with E-state index in [1.165, 1.54) is 12.3 Å². The Labute approximate surface area is 90.1 Å². The highest BCUT2D eigenvalue weighted by atomic mass is 35.5. The predicted molar refractivity (Wildman–Crippen MR) is 53.8 cm³/mol. The number of H-pyrrole nitrogens is 1. The Bertz CT molecular complexity index is 366. The normalized spacial score (nSPS) is 15.1. The number of pyridine rings is 1. The van der Waals surface area contributed by atoms with Crippen molar-refractivity contribution in [1.29, 1.82) is 0 Å². The molecule has 0 aliphatic heterocycles. The third-order valence-electron chi connectivity index (χ3n) is 1.74. The van der Waals surface area contributed by atoms with Crippen LogP contribution in [0.1, 0.15) is 11.7 Å². The van der Waals surface area contributed by atoms with Crippen LogP contribution in [0.4, 0.5) is 0 Å². The topological polar surface area (TPSA) is 73.3 Å². The first-order valence-electron chi connectivity index (χ1n) is 3.86. The number of alkyl halides is 1. The summed E-state index contributed by atoms with van der Waals surface area (Å²) in [6.45, 7) is 0. The van der Waals surface area contributed by atoms with Gasteiger partial charge in [0.25, 0.3) is 5.56 Å². The second-order valence-electron chi connectivity index (χ2n) is 2.78. The maximum absolute atomic E-state index is 10.9. The molecule has 0 bridgehead atoms. The van der Waals surface area contributed by atoms with Crippen molar-refractivity contribution in [3.8, 4) is 0 Å². The largest absolute Gasteiger partial charge is 0.389 e. The molecule has 0 radical (unpaired) electrons. The second kappa shape index (κ2) is 4.79. The van der Waals surface area contributed by atoms with Gasteiger partial charge in [0.05, 0.1) is 12.0 Å². The Morgan fingerprint density at radius 2 is 2.14 bits per heavy atom. The summed E-state index contributed by atoms with van der Waals surface area (Å²) < 4.78 is 0. The van der Waals surface area contributed by atoms with E-state index in [1.807, 2.05) is 0 Å². The minimum absolute atomic E-state index is 0.0386. The summed E-state index contributed by atoms with van der Waals surface area (Å²) in [4.78, 5) is 13.2. The lowest BCUT2D eigenvalue weighted by molar-refractivity contribution is 0.0325. The van der Waals surface area contributed by atoms with Gasteiger partial charge in [0.2, 0.25) is 0 Å². The lowest BCUT2D eigenvalue weighted by Crippen LogP contribution is -2.21. The van der Waals surface area contributed by atoms with Gasteiger partial charge in [0.1, 0.15) is 11.1 Å². The molecule has 0 saturated heterocycles. The van der Waals surface area contributed by atoms with E-state index in [4.69, 9.17) is 23.2 Å². The molecule has 0 spiro atoms. The molecule has 1 heterocycles. The van der Waals surface area contributed by atoms with E-state index in [0.29, 0.717) is 5.56 Å². The van der Waals surface area contributed by atoms with Crippen molar-refractivity contribution in [2.45, 2.75) is 12.2 Å². The molecular weight excluding hydrogens is 229 g/mol. The van der Waals surface area contributed by atoms with Crippen LogP contribution in [0.3, 0.4) is 0 Å². The molecule has 0 aliphatic rings. The van der Waals surface area contributed by atoms with Gasteiger partial charge in [-0.3, -0.25) is 4.79 Å².